The Bertz CT molecular complexity index is 339. The topological polar surface area (TPSA) is 26.0 Å². The third-order valence-corrected chi connectivity index (χ3v) is 5.26. The van der Waals surface area contributed by atoms with Crippen molar-refractivity contribution in [2.45, 2.75) is 68.1 Å². The monoisotopic (exact) mass is 263 g/mol. The zero-order valence-electron chi connectivity index (χ0n) is 11.4. The second kappa shape index (κ2) is 7.20. The second-order valence-corrected chi connectivity index (χ2v) is 6.62. The van der Waals surface area contributed by atoms with Gasteiger partial charge < -0.3 is 5.73 Å². The molecule has 1 aromatic carbocycles. The Morgan fingerprint density at radius 1 is 1.22 bits per heavy atom. The van der Waals surface area contributed by atoms with Gasteiger partial charge in [-0.25, -0.2) is 0 Å². The molecule has 0 saturated heterocycles. The molecule has 0 amide bonds. The van der Waals surface area contributed by atoms with Gasteiger partial charge in [-0.1, -0.05) is 57.2 Å². The van der Waals surface area contributed by atoms with Gasteiger partial charge >= 0.3 is 0 Å². The normalized spacial score (nSPS) is 19.8. The second-order valence-electron chi connectivity index (χ2n) is 5.33. The Kier molecular flexibility index (Phi) is 5.58. The summed E-state index contributed by atoms with van der Waals surface area (Å²) in [5.41, 5.74) is 7.85. The maximum atomic E-state index is 6.35. The molecule has 1 heterocycles. The molecule has 0 bridgehead atoms. The molecule has 100 valence electrons. The fourth-order valence-electron chi connectivity index (χ4n) is 2.62. The number of fused-ring (bicyclic) bond motifs is 1. The Hall–Kier alpha value is -0.470. The SMILES string of the molecule is CCCCCCCC(N)C1Cc2ccccc2S1. The van der Waals surface area contributed by atoms with Crippen LogP contribution in [0.25, 0.3) is 0 Å². The van der Waals surface area contributed by atoms with Crippen LogP contribution in [0, 0.1) is 0 Å². The summed E-state index contributed by atoms with van der Waals surface area (Å²) in [6.45, 7) is 2.26. The van der Waals surface area contributed by atoms with Crippen LogP contribution in [0.3, 0.4) is 0 Å². The average molecular weight is 263 g/mol. The fourth-order valence-corrected chi connectivity index (χ4v) is 3.98. The third kappa shape index (κ3) is 3.76. The third-order valence-electron chi connectivity index (χ3n) is 3.79. The van der Waals surface area contributed by atoms with Crippen LogP contribution >= 0.6 is 11.8 Å². The molecule has 2 unspecified atom stereocenters. The van der Waals surface area contributed by atoms with Crippen LogP contribution in [-0.4, -0.2) is 11.3 Å². The molecular weight excluding hydrogens is 238 g/mol. The molecule has 1 aromatic rings. The van der Waals surface area contributed by atoms with E-state index in [0.29, 0.717) is 11.3 Å². The van der Waals surface area contributed by atoms with Crippen molar-refractivity contribution in [1.29, 1.82) is 0 Å². The highest BCUT2D eigenvalue weighted by Crippen LogP contribution is 2.38. The molecule has 0 aliphatic carbocycles. The van der Waals surface area contributed by atoms with Crippen molar-refractivity contribution in [3.8, 4) is 0 Å². The van der Waals surface area contributed by atoms with Gasteiger partial charge in [0, 0.05) is 16.2 Å². The summed E-state index contributed by atoms with van der Waals surface area (Å²) in [5, 5.41) is 0.605. The Balaban J connectivity index is 1.70. The van der Waals surface area contributed by atoms with Crippen LogP contribution in [0.1, 0.15) is 51.0 Å². The smallest absolute Gasteiger partial charge is 0.0287 e. The van der Waals surface area contributed by atoms with Gasteiger partial charge in [0.2, 0.25) is 0 Å². The number of thioether (sulfide) groups is 1. The van der Waals surface area contributed by atoms with Gasteiger partial charge in [0.05, 0.1) is 0 Å². The van der Waals surface area contributed by atoms with Crippen LogP contribution < -0.4 is 5.73 Å². The van der Waals surface area contributed by atoms with Gasteiger partial charge in [0.15, 0.2) is 0 Å². The minimum Gasteiger partial charge on any atom is -0.327 e. The summed E-state index contributed by atoms with van der Waals surface area (Å²) >= 11 is 1.99. The van der Waals surface area contributed by atoms with Gasteiger partial charge in [-0.05, 0) is 24.5 Å². The van der Waals surface area contributed by atoms with E-state index in [-0.39, 0.29) is 0 Å². The number of benzene rings is 1. The zero-order chi connectivity index (χ0) is 12.8. The van der Waals surface area contributed by atoms with Crippen molar-refractivity contribution in [2.24, 2.45) is 5.73 Å². The zero-order valence-corrected chi connectivity index (χ0v) is 12.2. The molecule has 2 heteroatoms. The van der Waals surface area contributed by atoms with E-state index in [1.54, 1.807) is 0 Å². The quantitative estimate of drug-likeness (QED) is 0.738. The summed E-state index contributed by atoms with van der Waals surface area (Å²) in [6, 6.07) is 9.11. The van der Waals surface area contributed by atoms with E-state index in [4.69, 9.17) is 5.73 Å². The molecule has 0 radical (unpaired) electrons. The summed E-state index contributed by atoms with van der Waals surface area (Å²) in [4.78, 5) is 1.45. The first-order valence-corrected chi connectivity index (χ1v) is 8.19. The predicted octanol–water partition coefficient (Wildman–Crippen LogP) is 4.39. The minimum absolute atomic E-state index is 0.365. The number of hydrogen-bond donors (Lipinski definition) is 1. The molecule has 0 fully saturated rings. The van der Waals surface area contributed by atoms with Crippen LogP contribution in [-0.2, 0) is 6.42 Å². The number of nitrogens with two attached hydrogens (primary N) is 1. The first kappa shape index (κ1) is 14.0. The lowest BCUT2D eigenvalue weighted by Gasteiger charge is -2.17. The highest BCUT2D eigenvalue weighted by molar-refractivity contribution is 8.00. The Labute approximate surface area is 116 Å². The van der Waals surface area contributed by atoms with Crippen LogP contribution in [0.15, 0.2) is 29.2 Å². The van der Waals surface area contributed by atoms with Crippen LogP contribution in [0.2, 0.25) is 0 Å². The lowest BCUT2D eigenvalue weighted by molar-refractivity contribution is 0.527. The molecule has 1 aliphatic rings. The van der Waals surface area contributed by atoms with Crippen molar-refractivity contribution < 1.29 is 0 Å². The lowest BCUT2D eigenvalue weighted by atomic mass is 10.0. The standard InChI is InChI=1S/C16H25NS/c1-2-3-4-5-6-10-14(17)16-12-13-9-7-8-11-15(13)18-16/h7-9,11,14,16H,2-6,10,12,17H2,1H3. The van der Waals surface area contributed by atoms with E-state index in [1.807, 2.05) is 11.8 Å². The first-order chi connectivity index (χ1) is 8.81. The lowest BCUT2D eigenvalue weighted by Crippen LogP contribution is -2.32. The van der Waals surface area contributed by atoms with Gasteiger partial charge in [0.1, 0.15) is 0 Å². The van der Waals surface area contributed by atoms with Gasteiger partial charge in [-0.2, -0.15) is 0 Å². The molecule has 1 nitrogen and oxygen atoms in total. The van der Waals surface area contributed by atoms with Gasteiger partial charge in [0.25, 0.3) is 0 Å². The van der Waals surface area contributed by atoms with Gasteiger partial charge in [-0.15, -0.1) is 11.8 Å². The maximum Gasteiger partial charge on any atom is 0.0287 e. The molecule has 0 saturated carbocycles. The summed E-state index contributed by atoms with van der Waals surface area (Å²) in [5.74, 6) is 0. The van der Waals surface area contributed by atoms with Crippen molar-refractivity contribution >= 4 is 11.8 Å². The molecule has 2 N–H and O–H groups in total. The van der Waals surface area contributed by atoms with E-state index in [1.165, 1.54) is 49.0 Å². The Morgan fingerprint density at radius 3 is 2.78 bits per heavy atom. The largest absolute Gasteiger partial charge is 0.327 e. The van der Waals surface area contributed by atoms with E-state index >= 15 is 0 Å². The molecule has 18 heavy (non-hydrogen) atoms. The molecule has 2 atom stereocenters. The van der Waals surface area contributed by atoms with Gasteiger partial charge in [-0.3, -0.25) is 0 Å². The van der Waals surface area contributed by atoms with Crippen molar-refractivity contribution in [3.05, 3.63) is 29.8 Å². The van der Waals surface area contributed by atoms with E-state index in [2.05, 4.69) is 31.2 Å². The molecule has 0 aromatic heterocycles. The van der Waals surface area contributed by atoms with Crippen LogP contribution in [0.4, 0.5) is 0 Å². The summed E-state index contributed by atoms with van der Waals surface area (Å²) < 4.78 is 0. The summed E-state index contributed by atoms with van der Waals surface area (Å²) in [6.07, 6.45) is 9.08. The fraction of sp³-hybridized carbons (Fsp3) is 0.625. The molecule has 2 rings (SSSR count). The first-order valence-electron chi connectivity index (χ1n) is 7.31. The molecule has 0 spiro atoms. The van der Waals surface area contributed by atoms with E-state index in [9.17, 15) is 0 Å². The van der Waals surface area contributed by atoms with E-state index in [0.717, 1.165) is 6.42 Å². The maximum absolute atomic E-state index is 6.35. The predicted molar refractivity (Wildman–Crippen MR) is 81.1 cm³/mol. The Morgan fingerprint density at radius 2 is 2.00 bits per heavy atom. The summed E-state index contributed by atoms with van der Waals surface area (Å²) in [7, 11) is 0. The molecular formula is C16H25NS. The van der Waals surface area contributed by atoms with Crippen molar-refractivity contribution in [3.63, 3.8) is 0 Å². The number of hydrogen-bond acceptors (Lipinski definition) is 2. The average Bonchev–Trinajstić information content (AvgIpc) is 2.82. The highest BCUT2D eigenvalue weighted by Gasteiger charge is 2.26. The van der Waals surface area contributed by atoms with Crippen molar-refractivity contribution in [1.82, 2.24) is 0 Å². The number of rotatable bonds is 7. The van der Waals surface area contributed by atoms with Crippen molar-refractivity contribution in [2.75, 3.05) is 0 Å². The minimum atomic E-state index is 0.365. The molecule has 1 aliphatic heterocycles. The number of unbranched alkanes of at least 4 members (excludes halogenated alkanes) is 4. The van der Waals surface area contributed by atoms with Crippen LogP contribution in [0.5, 0.6) is 0 Å². The van der Waals surface area contributed by atoms with E-state index < -0.39 is 0 Å². The highest BCUT2D eigenvalue weighted by atomic mass is 32.2.